The standard InChI is InChI=1S/C23H18N2O2/c26-23(20-9-5-2-6-10-20)24-16-21-15-22(27-25-21)19-13-11-18(12-14-19)17-7-3-1-4-8-17/h1-15H,16H2,(H,24,26). The largest absolute Gasteiger partial charge is 0.356 e. The first-order valence-electron chi connectivity index (χ1n) is 8.74. The fourth-order valence-electron chi connectivity index (χ4n) is 2.85. The normalized spacial score (nSPS) is 10.5. The lowest BCUT2D eigenvalue weighted by Gasteiger charge is -2.02. The van der Waals surface area contributed by atoms with Crippen molar-refractivity contribution in [2.75, 3.05) is 0 Å². The summed E-state index contributed by atoms with van der Waals surface area (Å²) in [5.74, 6) is 0.547. The molecule has 4 aromatic rings. The number of carbonyl (C=O) groups is 1. The van der Waals surface area contributed by atoms with Crippen molar-refractivity contribution in [1.82, 2.24) is 10.5 Å². The summed E-state index contributed by atoms with van der Waals surface area (Å²) in [6.07, 6.45) is 0. The molecule has 0 bridgehead atoms. The van der Waals surface area contributed by atoms with E-state index in [2.05, 4.69) is 34.7 Å². The van der Waals surface area contributed by atoms with E-state index >= 15 is 0 Å². The van der Waals surface area contributed by atoms with Crippen LogP contribution in [-0.2, 0) is 6.54 Å². The van der Waals surface area contributed by atoms with Crippen LogP contribution in [0.2, 0.25) is 0 Å². The number of nitrogens with zero attached hydrogens (tertiary/aromatic N) is 1. The molecule has 0 aliphatic rings. The first-order valence-corrected chi connectivity index (χ1v) is 8.74. The molecule has 4 rings (SSSR count). The highest BCUT2D eigenvalue weighted by atomic mass is 16.5. The summed E-state index contributed by atoms with van der Waals surface area (Å²) in [4.78, 5) is 12.1. The third kappa shape index (κ3) is 3.96. The van der Waals surface area contributed by atoms with Gasteiger partial charge in [0.05, 0.1) is 6.54 Å². The van der Waals surface area contributed by atoms with Crippen molar-refractivity contribution in [2.45, 2.75) is 6.54 Å². The molecule has 4 heteroatoms. The fraction of sp³-hybridized carbons (Fsp3) is 0.0435. The van der Waals surface area contributed by atoms with Crippen LogP contribution >= 0.6 is 0 Å². The zero-order valence-electron chi connectivity index (χ0n) is 14.6. The maximum absolute atomic E-state index is 12.1. The molecule has 0 saturated carbocycles. The highest BCUT2D eigenvalue weighted by molar-refractivity contribution is 5.94. The Labute approximate surface area is 157 Å². The maximum atomic E-state index is 12.1. The summed E-state index contributed by atoms with van der Waals surface area (Å²) < 4.78 is 5.43. The second-order valence-electron chi connectivity index (χ2n) is 6.17. The van der Waals surface area contributed by atoms with Crippen molar-refractivity contribution >= 4 is 5.91 Å². The Morgan fingerprint density at radius 2 is 1.37 bits per heavy atom. The van der Waals surface area contributed by atoms with Crippen LogP contribution in [0.4, 0.5) is 0 Å². The predicted octanol–water partition coefficient (Wildman–Crippen LogP) is 4.94. The Morgan fingerprint density at radius 3 is 2.07 bits per heavy atom. The second kappa shape index (κ2) is 7.70. The average molecular weight is 354 g/mol. The summed E-state index contributed by atoms with van der Waals surface area (Å²) in [5, 5.41) is 6.90. The zero-order chi connectivity index (χ0) is 18.5. The van der Waals surface area contributed by atoms with Crippen molar-refractivity contribution in [3.63, 3.8) is 0 Å². The molecule has 4 nitrogen and oxygen atoms in total. The van der Waals surface area contributed by atoms with Gasteiger partial charge in [-0.05, 0) is 23.3 Å². The molecule has 0 aliphatic carbocycles. The smallest absolute Gasteiger partial charge is 0.251 e. The minimum atomic E-state index is -0.132. The molecular weight excluding hydrogens is 336 g/mol. The molecule has 3 aromatic carbocycles. The number of amides is 1. The highest BCUT2D eigenvalue weighted by Gasteiger charge is 2.09. The number of nitrogens with one attached hydrogen (secondary N) is 1. The number of aromatic nitrogens is 1. The van der Waals surface area contributed by atoms with Crippen LogP contribution in [0.15, 0.2) is 95.5 Å². The molecular formula is C23H18N2O2. The third-order valence-corrected chi connectivity index (χ3v) is 4.30. The lowest BCUT2D eigenvalue weighted by Crippen LogP contribution is -2.22. The Morgan fingerprint density at radius 1 is 0.778 bits per heavy atom. The van der Waals surface area contributed by atoms with Crippen LogP contribution < -0.4 is 5.32 Å². The molecule has 0 atom stereocenters. The van der Waals surface area contributed by atoms with E-state index in [1.165, 1.54) is 5.56 Å². The van der Waals surface area contributed by atoms with Crippen LogP contribution in [0.3, 0.4) is 0 Å². The number of carbonyl (C=O) groups excluding carboxylic acids is 1. The monoisotopic (exact) mass is 354 g/mol. The van der Waals surface area contributed by atoms with E-state index in [9.17, 15) is 4.79 Å². The van der Waals surface area contributed by atoms with E-state index in [0.717, 1.165) is 11.1 Å². The number of hydrogen-bond donors (Lipinski definition) is 1. The summed E-state index contributed by atoms with van der Waals surface area (Å²) in [6.45, 7) is 0.319. The van der Waals surface area contributed by atoms with Crippen LogP contribution in [0, 0.1) is 0 Å². The Balaban J connectivity index is 1.42. The van der Waals surface area contributed by atoms with Crippen LogP contribution in [0.1, 0.15) is 16.1 Å². The van der Waals surface area contributed by atoms with Gasteiger partial charge in [0.25, 0.3) is 5.91 Å². The van der Waals surface area contributed by atoms with Gasteiger partial charge in [-0.25, -0.2) is 0 Å². The van der Waals surface area contributed by atoms with Crippen molar-refractivity contribution in [1.29, 1.82) is 0 Å². The van der Waals surface area contributed by atoms with Gasteiger partial charge in [0.2, 0.25) is 0 Å². The first kappa shape index (κ1) is 16.8. The van der Waals surface area contributed by atoms with Gasteiger partial charge in [-0.15, -0.1) is 0 Å². The van der Waals surface area contributed by atoms with Crippen LogP contribution in [-0.4, -0.2) is 11.1 Å². The Hall–Kier alpha value is -3.66. The van der Waals surface area contributed by atoms with Crippen molar-refractivity contribution in [3.8, 4) is 22.5 Å². The molecule has 27 heavy (non-hydrogen) atoms. The number of rotatable bonds is 5. The molecule has 0 fully saturated rings. The predicted molar refractivity (Wildman–Crippen MR) is 105 cm³/mol. The quantitative estimate of drug-likeness (QED) is 0.552. The topological polar surface area (TPSA) is 55.1 Å². The van der Waals surface area contributed by atoms with Gasteiger partial charge in [0.15, 0.2) is 5.76 Å². The lowest BCUT2D eigenvalue weighted by molar-refractivity contribution is 0.0950. The van der Waals surface area contributed by atoms with Crippen molar-refractivity contribution in [2.24, 2.45) is 0 Å². The minimum Gasteiger partial charge on any atom is -0.356 e. The molecule has 1 heterocycles. The van der Waals surface area contributed by atoms with Gasteiger partial charge in [0.1, 0.15) is 5.69 Å². The molecule has 1 amide bonds. The molecule has 0 radical (unpaired) electrons. The highest BCUT2D eigenvalue weighted by Crippen LogP contribution is 2.25. The summed E-state index contributed by atoms with van der Waals surface area (Å²) in [5.41, 5.74) is 4.57. The molecule has 1 N–H and O–H groups in total. The average Bonchev–Trinajstić information content (AvgIpc) is 3.22. The molecule has 132 valence electrons. The molecule has 0 aliphatic heterocycles. The molecule has 0 spiro atoms. The Bertz CT molecular complexity index is 1020. The van der Waals surface area contributed by atoms with Gasteiger partial charge in [-0.2, -0.15) is 0 Å². The number of hydrogen-bond acceptors (Lipinski definition) is 3. The maximum Gasteiger partial charge on any atom is 0.251 e. The van der Waals surface area contributed by atoms with Crippen LogP contribution in [0.25, 0.3) is 22.5 Å². The summed E-state index contributed by atoms with van der Waals surface area (Å²) in [6, 6.07) is 29.3. The van der Waals surface area contributed by atoms with Gasteiger partial charge < -0.3 is 9.84 Å². The van der Waals surface area contributed by atoms with Crippen LogP contribution in [0.5, 0.6) is 0 Å². The van der Waals surface area contributed by atoms with Gasteiger partial charge >= 0.3 is 0 Å². The number of benzene rings is 3. The molecule has 0 saturated heterocycles. The summed E-state index contributed by atoms with van der Waals surface area (Å²) >= 11 is 0. The second-order valence-corrected chi connectivity index (χ2v) is 6.17. The minimum absolute atomic E-state index is 0.132. The molecule has 1 aromatic heterocycles. The zero-order valence-corrected chi connectivity index (χ0v) is 14.6. The van der Waals surface area contributed by atoms with E-state index in [-0.39, 0.29) is 5.91 Å². The van der Waals surface area contributed by atoms with Crippen molar-refractivity contribution < 1.29 is 9.32 Å². The van der Waals surface area contributed by atoms with E-state index in [1.807, 2.05) is 54.6 Å². The first-order chi connectivity index (χ1) is 13.3. The van der Waals surface area contributed by atoms with Crippen molar-refractivity contribution in [3.05, 3.63) is 102 Å². The van der Waals surface area contributed by atoms with E-state index < -0.39 is 0 Å². The van der Waals surface area contributed by atoms with Gasteiger partial charge in [-0.3, -0.25) is 4.79 Å². The lowest BCUT2D eigenvalue weighted by atomic mass is 10.0. The third-order valence-electron chi connectivity index (χ3n) is 4.30. The Kier molecular flexibility index (Phi) is 4.79. The fourth-order valence-corrected chi connectivity index (χ4v) is 2.85. The summed E-state index contributed by atoms with van der Waals surface area (Å²) in [7, 11) is 0. The molecule has 0 unspecified atom stereocenters. The van der Waals surface area contributed by atoms with E-state index in [1.54, 1.807) is 12.1 Å². The SMILES string of the molecule is O=C(NCc1cc(-c2ccc(-c3ccccc3)cc2)on1)c1ccccc1. The van der Waals surface area contributed by atoms with Gasteiger partial charge in [-0.1, -0.05) is 78.0 Å². The van der Waals surface area contributed by atoms with E-state index in [0.29, 0.717) is 23.6 Å². The van der Waals surface area contributed by atoms with E-state index in [4.69, 9.17) is 4.52 Å². The van der Waals surface area contributed by atoms with Gasteiger partial charge in [0, 0.05) is 17.2 Å².